The maximum Gasteiger partial charge on any atom is 0.407 e. The van der Waals surface area contributed by atoms with E-state index >= 15 is 0 Å². The summed E-state index contributed by atoms with van der Waals surface area (Å²) >= 11 is 0. The molecule has 6 rings (SSSR count). The molecule has 0 aromatic heterocycles. The van der Waals surface area contributed by atoms with Crippen molar-refractivity contribution < 1.29 is 46.7 Å². The molecule has 2 N–H and O–H groups in total. The van der Waals surface area contributed by atoms with Crippen LogP contribution in [0.1, 0.15) is 37.0 Å². The Morgan fingerprint density at radius 2 is 1.78 bits per heavy atom. The molecular formula is C37H43N3O10S. The molecule has 3 aromatic rings. The summed E-state index contributed by atoms with van der Waals surface area (Å²) in [6.45, 7) is 5.27. The lowest BCUT2D eigenvalue weighted by Gasteiger charge is -2.31. The molecule has 51 heavy (non-hydrogen) atoms. The third-order valence-corrected chi connectivity index (χ3v) is 10.8. The summed E-state index contributed by atoms with van der Waals surface area (Å²) in [7, 11) is -4.10. The van der Waals surface area contributed by atoms with E-state index in [1.165, 1.54) is 16.4 Å². The zero-order valence-electron chi connectivity index (χ0n) is 28.6. The van der Waals surface area contributed by atoms with Crippen molar-refractivity contribution >= 4 is 16.1 Å². The molecule has 0 unspecified atom stereocenters. The molecule has 0 spiro atoms. The second kappa shape index (κ2) is 16.3. The van der Waals surface area contributed by atoms with Gasteiger partial charge < -0.3 is 38.8 Å². The molecule has 272 valence electrons. The van der Waals surface area contributed by atoms with Crippen molar-refractivity contribution in [1.29, 1.82) is 5.26 Å². The summed E-state index contributed by atoms with van der Waals surface area (Å²) in [5.74, 6) is 1.25. The van der Waals surface area contributed by atoms with Gasteiger partial charge in [0.05, 0.1) is 47.8 Å². The van der Waals surface area contributed by atoms with Gasteiger partial charge in [-0.25, -0.2) is 13.2 Å². The molecule has 3 heterocycles. The molecule has 14 heteroatoms. The Bertz CT molecular complexity index is 1810. The van der Waals surface area contributed by atoms with Crippen LogP contribution in [0.2, 0.25) is 0 Å². The number of nitrogens with zero attached hydrogens (tertiary/aromatic N) is 2. The quantitative estimate of drug-likeness (QED) is 0.247. The minimum absolute atomic E-state index is 0.00743. The summed E-state index contributed by atoms with van der Waals surface area (Å²) in [5.41, 5.74) is 2.16. The summed E-state index contributed by atoms with van der Waals surface area (Å²) < 4.78 is 63.3. The van der Waals surface area contributed by atoms with Gasteiger partial charge in [-0.15, -0.1) is 0 Å². The number of hydrogen-bond acceptors (Lipinski definition) is 11. The molecule has 2 saturated heterocycles. The highest BCUT2D eigenvalue weighted by molar-refractivity contribution is 7.89. The molecule has 3 aromatic carbocycles. The maximum absolute atomic E-state index is 14.0. The van der Waals surface area contributed by atoms with E-state index in [0.717, 1.165) is 11.1 Å². The van der Waals surface area contributed by atoms with Gasteiger partial charge in [0.25, 0.3) is 0 Å². The van der Waals surface area contributed by atoms with Crippen LogP contribution in [-0.4, -0.2) is 88.0 Å². The van der Waals surface area contributed by atoms with Gasteiger partial charge in [0, 0.05) is 19.2 Å². The highest BCUT2D eigenvalue weighted by Gasteiger charge is 2.44. The Morgan fingerprint density at radius 1 is 1.00 bits per heavy atom. The van der Waals surface area contributed by atoms with Crippen LogP contribution in [0.3, 0.4) is 0 Å². The number of benzene rings is 3. The molecule has 3 aliphatic heterocycles. The Morgan fingerprint density at radius 3 is 2.55 bits per heavy atom. The first-order valence-electron chi connectivity index (χ1n) is 17.1. The number of fused-ring (bicyclic) bond motifs is 2. The fourth-order valence-electron chi connectivity index (χ4n) is 6.37. The minimum Gasteiger partial charge on any atom is -0.489 e. The van der Waals surface area contributed by atoms with Gasteiger partial charge in [0.2, 0.25) is 10.0 Å². The first-order chi connectivity index (χ1) is 24.6. The van der Waals surface area contributed by atoms with Crippen LogP contribution in [0.4, 0.5) is 4.79 Å². The smallest absolute Gasteiger partial charge is 0.407 e. The molecule has 0 radical (unpaired) electrons. The molecule has 0 bridgehead atoms. The fourth-order valence-corrected chi connectivity index (χ4v) is 8.01. The maximum atomic E-state index is 14.0. The number of nitrogens with one attached hydrogen (secondary N) is 1. The minimum atomic E-state index is -4.10. The van der Waals surface area contributed by atoms with Crippen molar-refractivity contribution in [2.24, 2.45) is 11.8 Å². The SMILES string of the molecule is CC(C)CN(C[C@@H](O)[C@H](Cc1ccc(OCc2cccc(C#N)c2)cc1)NC(=O)O[C@H]1CO[C@H]2OCC[C@H]21)S(=O)(=O)c1ccc2c(c1)OCCO2. The van der Waals surface area contributed by atoms with Crippen molar-refractivity contribution in [3.63, 3.8) is 0 Å². The van der Waals surface area contributed by atoms with E-state index < -0.39 is 40.7 Å². The van der Waals surface area contributed by atoms with E-state index in [1.54, 1.807) is 36.4 Å². The second-order valence-corrected chi connectivity index (χ2v) is 15.2. The second-order valence-electron chi connectivity index (χ2n) is 13.3. The average molecular weight is 722 g/mol. The molecule has 3 aliphatic rings. The molecule has 13 nitrogen and oxygen atoms in total. The number of aliphatic hydroxyl groups excluding tert-OH is 1. The van der Waals surface area contributed by atoms with E-state index in [4.69, 9.17) is 28.4 Å². The summed E-state index contributed by atoms with van der Waals surface area (Å²) in [6.07, 6.45) is -2.12. The molecule has 5 atom stereocenters. The third-order valence-electron chi connectivity index (χ3n) is 8.96. The molecular weight excluding hydrogens is 678 g/mol. The lowest BCUT2D eigenvalue weighted by Crippen LogP contribution is -2.51. The predicted octanol–water partition coefficient (Wildman–Crippen LogP) is 4.01. The zero-order valence-corrected chi connectivity index (χ0v) is 29.4. The molecule has 0 saturated carbocycles. The highest BCUT2D eigenvalue weighted by Crippen LogP contribution is 2.34. The number of aliphatic hydroxyl groups is 1. The summed E-state index contributed by atoms with van der Waals surface area (Å²) in [6, 6.07) is 20.0. The Balaban J connectivity index is 1.18. The van der Waals surface area contributed by atoms with Gasteiger partial charge in [-0.05, 0) is 66.3 Å². The number of amides is 1. The third kappa shape index (κ3) is 9.10. The first-order valence-corrected chi connectivity index (χ1v) is 18.5. The van der Waals surface area contributed by atoms with Gasteiger partial charge in [-0.1, -0.05) is 38.1 Å². The number of alkyl carbamates (subject to hydrolysis) is 1. The number of sulfonamides is 1. The molecule has 1 amide bonds. The van der Waals surface area contributed by atoms with E-state index in [2.05, 4.69) is 11.4 Å². The van der Waals surface area contributed by atoms with E-state index in [0.29, 0.717) is 49.1 Å². The van der Waals surface area contributed by atoms with Crippen LogP contribution in [-0.2, 0) is 37.3 Å². The monoisotopic (exact) mass is 721 g/mol. The summed E-state index contributed by atoms with van der Waals surface area (Å²) in [5, 5.41) is 23.7. The molecule has 2 fully saturated rings. The number of hydrogen-bond donors (Lipinski definition) is 2. The van der Waals surface area contributed by atoms with Gasteiger partial charge in [-0.3, -0.25) is 0 Å². The van der Waals surface area contributed by atoms with Gasteiger partial charge >= 0.3 is 6.09 Å². The van der Waals surface area contributed by atoms with Crippen LogP contribution in [0.15, 0.2) is 71.6 Å². The number of carbonyl (C=O) groups is 1. The average Bonchev–Trinajstić information content (AvgIpc) is 3.75. The van der Waals surface area contributed by atoms with Crippen molar-refractivity contribution in [2.45, 2.75) is 62.7 Å². The zero-order chi connectivity index (χ0) is 36.0. The van der Waals surface area contributed by atoms with Crippen molar-refractivity contribution in [2.75, 3.05) is 39.5 Å². The normalized spacial score (nSPS) is 20.7. The summed E-state index contributed by atoms with van der Waals surface area (Å²) in [4.78, 5) is 13.3. The highest BCUT2D eigenvalue weighted by atomic mass is 32.2. The van der Waals surface area contributed by atoms with Gasteiger partial charge in [0.1, 0.15) is 31.7 Å². The fraction of sp³-hybridized carbons (Fsp3) is 0.459. The van der Waals surface area contributed by atoms with Gasteiger partial charge in [0.15, 0.2) is 17.8 Å². The predicted molar refractivity (Wildman–Crippen MR) is 184 cm³/mol. The first kappa shape index (κ1) is 36.4. The standard InChI is InChI=1S/C37H43N3O10S/c1-24(2)20-40(51(43,44)29-10-11-33-34(18-29)46-15-14-45-33)21-32(41)31(39-37(42)50-35-23-49-36-30(35)12-13-47-36)17-25-6-8-28(9-7-25)48-22-27-5-3-4-26(16-27)19-38/h3-11,16,18,24,30-32,35-36,41H,12-15,17,20-23H2,1-2H3,(H,39,42)/t30-,31-,32+,35-,36+/m0/s1. The van der Waals surface area contributed by atoms with Gasteiger partial charge in [-0.2, -0.15) is 9.57 Å². The number of rotatable bonds is 14. The van der Waals surface area contributed by atoms with E-state index in [9.17, 15) is 23.6 Å². The number of ether oxygens (including phenoxy) is 6. The topological polar surface area (TPSA) is 166 Å². The number of nitriles is 1. The largest absolute Gasteiger partial charge is 0.489 e. The van der Waals surface area contributed by atoms with Crippen molar-refractivity contribution in [3.05, 3.63) is 83.4 Å². The van der Waals surface area contributed by atoms with Crippen LogP contribution in [0.25, 0.3) is 0 Å². The van der Waals surface area contributed by atoms with Crippen molar-refractivity contribution in [1.82, 2.24) is 9.62 Å². The lowest BCUT2D eigenvalue weighted by atomic mass is 10.0. The van der Waals surface area contributed by atoms with Crippen molar-refractivity contribution in [3.8, 4) is 23.3 Å². The Hall–Kier alpha value is -4.39. The lowest BCUT2D eigenvalue weighted by molar-refractivity contribution is -0.0907. The van der Waals surface area contributed by atoms with Crippen LogP contribution in [0, 0.1) is 23.2 Å². The van der Waals surface area contributed by atoms with Crippen LogP contribution in [0.5, 0.6) is 17.2 Å². The Kier molecular flexibility index (Phi) is 11.6. The van der Waals surface area contributed by atoms with E-state index in [1.807, 2.05) is 32.0 Å². The number of carbonyl (C=O) groups excluding carboxylic acids is 1. The Labute approximate surface area is 298 Å². The van der Waals surface area contributed by atoms with E-state index in [-0.39, 0.29) is 49.5 Å². The van der Waals surface area contributed by atoms with Crippen LogP contribution >= 0.6 is 0 Å². The van der Waals surface area contributed by atoms with Crippen LogP contribution < -0.4 is 19.5 Å². The molecule has 0 aliphatic carbocycles.